The van der Waals surface area contributed by atoms with E-state index in [1.54, 1.807) is 19.5 Å². The molecule has 0 aliphatic carbocycles. The molecule has 0 radical (unpaired) electrons. The summed E-state index contributed by atoms with van der Waals surface area (Å²) in [6.07, 6.45) is 3.40. The normalized spacial score (nSPS) is 12.4. The summed E-state index contributed by atoms with van der Waals surface area (Å²) >= 11 is 6.89. The number of aryl methyl sites for hydroxylation is 1. The molecule has 1 unspecified atom stereocenters. The van der Waals surface area contributed by atoms with Gasteiger partial charge in [0.2, 0.25) is 0 Å². The molecule has 2 aromatic rings. The van der Waals surface area contributed by atoms with Crippen molar-refractivity contribution in [3.8, 4) is 5.75 Å². The molecule has 0 aliphatic heterocycles. The van der Waals surface area contributed by atoms with Crippen LogP contribution in [0.4, 0.5) is 0 Å². The smallest absolute Gasteiger partial charge is 0.162 e. The Labute approximate surface area is 133 Å². The van der Waals surface area contributed by atoms with Gasteiger partial charge in [-0.25, -0.2) is 5.43 Å². The second-order valence-electron chi connectivity index (χ2n) is 4.03. The second-order valence-corrected chi connectivity index (χ2v) is 5.80. The first-order valence-corrected chi connectivity index (χ1v) is 7.57. The van der Waals surface area contributed by atoms with Crippen LogP contribution in [-0.2, 0) is 6.54 Å². The Balaban J connectivity index is 2.54. The minimum atomic E-state index is -0.324. The molecule has 0 aromatic carbocycles. The van der Waals surface area contributed by atoms with Gasteiger partial charge in [0.1, 0.15) is 11.7 Å². The number of ether oxygens (including phenoxy) is 1. The Morgan fingerprint density at radius 3 is 2.75 bits per heavy atom. The minimum Gasteiger partial charge on any atom is -0.493 e. The van der Waals surface area contributed by atoms with E-state index in [1.165, 1.54) is 0 Å². The molecule has 8 heteroatoms. The number of aromatic nitrogens is 3. The summed E-state index contributed by atoms with van der Waals surface area (Å²) in [5.41, 5.74) is 4.39. The number of methoxy groups -OCH3 is 1. The first-order chi connectivity index (χ1) is 9.62. The van der Waals surface area contributed by atoms with Crippen molar-refractivity contribution in [1.29, 1.82) is 0 Å². The van der Waals surface area contributed by atoms with Crippen LogP contribution in [0.2, 0.25) is 0 Å². The van der Waals surface area contributed by atoms with Gasteiger partial charge in [-0.2, -0.15) is 5.10 Å². The summed E-state index contributed by atoms with van der Waals surface area (Å²) in [5.74, 6) is 6.40. The zero-order chi connectivity index (χ0) is 14.7. The van der Waals surface area contributed by atoms with E-state index in [0.717, 1.165) is 20.3 Å². The SMILES string of the molecule is CCn1ncc(OC)c1C(NN)c1ncc(Br)cc1Br. The number of hydrogen-bond acceptors (Lipinski definition) is 5. The molecule has 0 spiro atoms. The van der Waals surface area contributed by atoms with Crippen molar-refractivity contribution in [3.05, 3.63) is 38.8 Å². The van der Waals surface area contributed by atoms with Gasteiger partial charge in [-0.3, -0.25) is 15.5 Å². The average Bonchev–Trinajstić information content (AvgIpc) is 2.85. The molecule has 2 rings (SSSR count). The van der Waals surface area contributed by atoms with Crippen LogP contribution in [-0.4, -0.2) is 21.9 Å². The molecule has 0 saturated carbocycles. The first kappa shape index (κ1) is 15.4. The molecule has 0 amide bonds. The van der Waals surface area contributed by atoms with Gasteiger partial charge in [-0.15, -0.1) is 0 Å². The van der Waals surface area contributed by atoms with Crippen LogP contribution in [0.3, 0.4) is 0 Å². The van der Waals surface area contributed by atoms with Crippen molar-refractivity contribution >= 4 is 31.9 Å². The number of hydrogen-bond donors (Lipinski definition) is 2. The fraction of sp³-hybridized carbons (Fsp3) is 0.333. The van der Waals surface area contributed by atoms with Crippen molar-refractivity contribution in [2.75, 3.05) is 7.11 Å². The molecule has 0 aliphatic rings. The van der Waals surface area contributed by atoms with Gasteiger partial charge in [0.05, 0.1) is 19.0 Å². The van der Waals surface area contributed by atoms with E-state index in [1.807, 2.05) is 17.7 Å². The maximum atomic E-state index is 5.73. The van der Waals surface area contributed by atoms with Crippen molar-refractivity contribution < 1.29 is 4.74 Å². The van der Waals surface area contributed by atoms with E-state index in [4.69, 9.17) is 10.6 Å². The maximum Gasteiger partial charge on any atom is 0.162 e. The number of nitrogens with zero attached hydrogens (tertiary/aromatic N) is 3. The first-order valence-electron chi connectivity index (χ1n) is 5.99. The largest absolute Gasteiger partial charge is 0.493 e. The molecule has 6 nitrogen and oxygen atoms in total. The Morgan fingerprint density at radius 2 is 2.20 bits per heavy atom. The summed E-state index contributed by atoms with van der Waals surface area (Å²) in [7, 11) is 1.61. The van der Waals surface area contributed by atoms with Gasteiger partial charge in [-0.05, 0) is 44.8 Å². The highest BCUT2D eigenvalue weighted by atomic mass is 79.9. The third-order valence-corrected chi connectivity index (χ3v) is 3.98. The lowest BCUT2D eigenvalue weighted by Crippen LogP contribution is -2.32. The van der Waals surface area contributed by atoms with Crippen LogP contribution >= 0.6 is 31.9 Å². The maximum absolute atomic E-state index is 5.73. The molecule has 20 heavy (non-hydrogen) atoms. The molecule has 1 atom stereocenters. The molecule has 3 N–H and O–H groups in total. The van der Waals surface area contributed by atoms with Gasteiger partial charge in [0, 0.05) is 21.7 Å². The quantitative estimate of drug-likeness (QED) is 0.590. The number of halogens is 2. The van der Waals surface area contributed by atoms with Gasteiger partial charge in [0.15, 0.2) is 5.75 Å². The fourth-order valence-electron chi connectivity index (χ4n) is 2.00. The van der Waals surface area contributed by atoms with E-state index in [0.29, 0.717) is 12.3 Å². The summed E-state index contributed by atoms with van der Waals surface area (Å²) in [4.78, 5) is 4.42. The molecule has 0 bridgehead atoms. The lowest BCUT2D eigenvalue weighted by Gasteiger charge is -2.19. The molecule has 0 fully saturated rings. The van der Waals surface area contributed by atoms with Gasteiger partial charge in [-0.1, -0.05) is 0 Å². The van der Waals surface area contributed by atoms with Crippen LogP contribution in [0.25, 0.3) is 0 Å². The number of rotatable bonds is 5. The Morgan fingerprint density at radius 1 is 1.45 bits per heavy atom. The molecule has 108 valence electrons. The topological polar surface area (TPSA) is 78.0 Å². The zero-order valence-corrected chi connectivity index (χ0v) is 14.3. The van der Waals surface area contributed by atoms with E-state index >= 15 is 0 Å². The standard InChI is InChI=1S/C12H15Br2N5O/c1-3-19-12(9(20-2)6-17-19)11(18-15)10-8(14)4-7(13)5-16-10/h4-6,11,18H,3,15H2,1-2H3. The molecule has 2 heterocycles. The fourth-order valence-corrected chi connectivity index (χ4v) is 3.22. The van der Waals surface area contributed by atoms with Crippen molar-refractivity contribution in [2.24, 2.45) is 5.84 Å². The monoisotopic (exact) mass is 403 g/mol. The van der Waals surface area contributed by atoms with Crippen LogP contribution in [0, 0.1) is 0 Å². The third kappa shape index (κ3) is 2.88. The van der Waals surface area contributed by atoms with Crippen molar-refractivity contribution in [2.45, 2.75) is 19.5 Å². The average molecular weight is 405 g/mol. The summed E-state index contributed by atoms with van der Waals surface area (Å²) in [5, 5.41) is 4.29. The van der Waals surface area contributed by atoms with Crippen LogP contribution in [0.15, 0.2) is 27.4 Å². The van der Waals surface area contributed by atoms with E-state index in [9.17, 15) is 0 Å². The van der Waals surface area contributed by atoms with E-state index < -0.39 is 0 Å². The Bertz CT molecular complexity index is 580. The summed E-state index contributed by atoms with van der Waals surface area (Å²) in [6, 6.07) is 1.60. The van der Waals surface area contributed by atoms with Crippen molar-refractivity contribution in [1.82, 2.24) is 20.2 Å². The predicted octanol–water partition coefficient (Wildman–Crippen LogP) is 2.38. The number of nitrogens with one attached hydrogen (secondary N) is 1. The molecular formula is C12H15Br2N5O. The third-order valence-electron chi connectivity index (χ3n) is 2.91. The van der Waals surface area contributed by atoms with Crippen LogP contribution in [0.1, 0.15) is 24.4 Å². The Hall–Kier alpha value is -0.960. The summed E-state index contributed by atoms with van der Waals surface area (Å²) < 4.78 is 8.93. The Kier molecular flexibility index (Phi) is 5.14. The van der Waals surface area contributed by atoms with Gasteiger partial charge >= 0.3 is 0 Å². The van der Waals surface area contributed by atoms with Crippen molar-refractivity contribution in [3.63, 3.8) is 0 Å². The lowest BCUT2D eigenvalue weighted by atomic mass is 10.1. The van der Waals surface area contributed by atoms with Gasteiger partial charge in [0.25, 0.3) is 0 Å². The number of nitrogens with two attached hydrogens (primary N) is 1. The number of hydrazine groups is 1. The highest BCUT2D eigenvalue weighted by molar-refractivity contribution is 9.11. The molecular weight excluding hydrogens is 390 g/mol. The molecule has 0 saturated heterocycles. The number of pyridine rings is 1. The predicted molar refractivity (Wildman–Crippen MR) is 83.3 cm³/mol. The minimum absolute atomic E-state index is 0.324. The van der Waals surface area contributed by atoms with Crippen LogP contribution < -0.4 is 16.0 Å². The highest BCUT2D eigenvalue weighted by Crippen LogP contribution is 2.33. The molecule has 2 aromatic heterocycles. The van der Waals surface area contributed by atoms with Crippen LogP contribution in [0.5, 0.6) is 5.75 Å². The summed E-state index contributed by atoms with van der Waals surface area (Å²) in [6.45, 7) is 2.72. The van der Waals surface area contributed by atoms with E-state index in [-0.39, 0.29) is 6.04 Å². The lowest BCUT2D eigenvalue weighted by molar-refractivity contribution is 0.398. The van der Waals surface area contributed by atoms with Gasteiger partial charge < -0.3 is 4.74 Å². The highest BCUT2D eigenvalue weighted by Gasteiger charge is 2.25. The second kappa shape index (κ2) is 6.66. The zero-order valence-electron chi connectivity index (χ0n) is 11.1. The van der Waals surface area contributed by atoms with E-state index in [2.05, 4.69) is 47.4 Å².